The smallest absolute Gasteiger partial charge is 0.303 e. The molecular weight excluding hydrogens is 515 g/mol. The minimum Gasteiger partial charge on any atom is -0.493 e. The quantitative estimate of drug-likeness (QED) is 0.253. The molecule has 0 unspecified atom stereocenters. The number of benzene rings is 2. The zero-order valence-electron chi connectivity index (χ0n) is 20.2. The van der Waals surface area contributed by atoms with Crippen LogP contribution >= 0.6 is 23.2 Å². The molecule has 0 radical (unpaired) electrons. The van der Waals surface area contributed by atoms with Crippen LogP contribution in [0.2, 0.25) is 10.0 Å². The van der Waals surface area contributed by atoms with Crippen LogP contribution in [0, 0.1) is 0 Å². The number of nitrogens with zero attached hydrogens (tertiary/aromatic N) is 3. The van der Waals surface area contributed by atoms with Crippen molar-refractivity contribution in [1.29, 1.82) is 0 Å². The number of carboxylic acids is 1. The Labute approximate surface area is 223 Å². The van der Waals surface area contributed by atoms with Crippen molar-refractivity contribution in [2.75, 3.05) is 12.8 Å². The predicted octanol–water partition coefficient (Wildman–Crippen LogP) is 6.76. The number of carbonyl (C=O) groups is 1. The Hall–Kier alpha value is -3.49. The maximum atomic E-state index is 11.6. The molecule has 0 saturated heterocycles. The molecule has 1 aliphatic carbocycles. The minimum absolute atomic E-state index is 0.00914. The summed E-state index contributed by atoms with van der Waals surface area (Å²) in [6.07, 6.45) is 6.08. The lowest BCUT2D eigenvalue weighted by Gasteiger charge is -2.14. The summed E-state index contributed by atoms with van der Waals surface area (Å²) in [7, 11) is 1.56. The SMILES string of the molecule is COc1cc(-c2c(CCC(=O)O)c(C3CCCC3)n3ncnc(N)c23)ccc1Oc1cc(Cl)cc(Cl)c1. The second kappa shape index (κ2) is 10.5. The Morgan fingerprint density at radius 2 is 1.86 bits per heavy atom. The van der Waals surface area contributed by atoms with Gasteiger partial charge in [0, 0.05) is 33.6 Å². The number of fused-ring (bicyclic) bond motifs is 1. The first-order chi connectivity index (χ1) is 17.9. The van der Waals surface area contributed by atoms with Gasteiger partial charge in [0.2, 0.25) is 0 Å². The summed E-state index contributed by atoms with van der Waals surface area (Å²) >= 11 is 12.3. The molecule has 8 nitrogen and oxygen atoms in total. The number of halogens is 2. The number of nitrogens with two attached hydrogens (primary N) is 1. The third kappa shape index (κ3) is 5.04. The van der Waals surface area contributed by atoms with E-state index in [0.29, 0.717) is 45.0 Å². The molecule has 2 aromatic carbocycles. The first kappa shape index (κ1) is 25.2. The number of ether oxygens (including phenoxy) is 2. The molecule has 0 atom stereocenters. The molecule has 0 spiro atoms. The van der Waals surface area contributed by atoms with Gasteiger partial charge in [0.25, 0.3) is 0 Å². The van der Waals surface area contributed by atoms with E-state index in [1.165, 1.54) is 6.33 Å². The van der Waals surface area contributed by atoms with Crippen molar-refractivity contribution >= 4 is 40.5 Å². The van der Waals surface area contributed by atoms with Crippen molar-refractivity contribution in [2.45, 2.75) is 44.4 Å². The molecule has 1 aliphatic rings. The number of hydrogen-bond acceptors (Lipinski definition) is 6. The molecule has 0 bridgehead atoms. The number of carboxylic acid groups (broad SMARTS) is 1. The van der Waals surface area contributed by atoms with Gasteiger partial charge in [0.1, 0.15) is 17.6 Å². The van der Waals surface area contributed by atoms with Gasteiger partial charge in [0.05, 0.1) is 7.11 Å². The highest BCUT2D eigenvalue weighted by Crippen LogP contribution is 2.45. The highest BCUT2D eigenvalue weighted by Gasteiger charge is 2.30. The van der Waals surface area contributed by atoms with Gasteiger partial charge in [-0.15, -0.1) is 0 Å². The second-order valence-corrected chi connectivity index (χ2v) is 9.97. The van der Waals surface area contributed by atoms with Crippen molar-refractivity contribution in [3.63, 3.8) is 0 Å². The molecular formula is C27H26Cl2N4O4. The second-order valence-electron chi connectivity index (χ2n) is 9.09. The van der Waals surface area contributed by atoms with Gasteiger partial charge < -0.3 is 20.3 Å². The van der Waals surface area contributed by atoms with E-state index in [2.05, 4.69) is 10.1 Å². The van der Waals surface area contributed by atoms with E-state index in [4.69, 9.17) is 38.4 Å². The van der Waals surface area contributed by atoms with E-state index in [9.17, 15) is 9.90 Å². The lowest BCUT2D eigenvalue weighted by atomic mass is 9.92. The monoisotopic (exact) mass is 540 g/mol. The normalized spacial score (nSPS) is 13.8. The van der Waals surface area contributed by atoms with Gasteiger partial charge in [-0.1, -0.05) is 42.1 Å². The molecule has 1 fully saturated rings. The zero-order chi connectivity index (χ0) is 26.1. The van der Waals surface area contributed by atoms with E-state index in [1.54, 1.807) is 31.4 Å². The molecule has 5 rings (SSSR count). The third-order valence-electron chi connectivity index (χ3n) is 6.74. The van der Waals surface area contributed by atoms with E-state index in [1.807, 2.05) is 16.6 Å². The molecule has 10 heteroatoms. The van der Waals surface area contributed by atoms with Crippen LogP contribution in [0.1, 0.15) is 49.3 Å². The van der Waals surface area contributed by atoms with Gasteiger partial charge in [-0.2, -0.15) is 5.10 Å². The van der Waals surface area contributed by atoms with Crippen molar-refractivity contribution < 1.29 is 19.4 Å². The maximum absolute atomic E-state index is 11.6. The number of methoxy groups -OCH3 is 1. The summed E-state index contributed by atoms with van der Waals surface area (Å²) in [5, 5.41) is 15.0. The fraction of sp³-hybridized carbons (Fsp3) is 0.296. The van der Waals surface area contributed by atoms with Crippen molar-refractivity contribution in [2.24, 2.45) is 0 Å². The Kier molecular flexibility index (Phi) is 7.13. The number of anilines is 1. The Morgan fingerprint density at radius 3 is 2.54 bits per heavy atom. The summed E-state index contributed by atoms with van der Waals surface area (Å²) < 4.78 is 13.6. The lowest BCUT2D eigenvalue weighted by molar-refractivity contribution is -0.136. The van der Waals surface area contributed by atoms with Gasteiger partial charge in [-0.25, -0.2) is 9.50 Å². The Morgan fingerprint density at radius 1 is 1.14 bits per heavy atom. The standard InChI is InChI=1S/C27H26Cl2N4O4/c1-36-22-10-16(6-8-21(22)37-19-12-17(28)11-18(29)13-19)24-20(7-9-23(34)35)25(15-4-2-3-5-15)33-26(24)27(30)31-14-32-33/h6,8,10-15H,2-5,7,9H2,1H3,(H,34,35)(H2,30,31,32). The first-order valence-corrected chi connectivity index (χ1v) is 12.8. The number of hydrogen-bond donors (Lipinski definition) is 2. The molecule has 0 aliphatic heterocycles. The summed E-state index contributed by atoms with van der Waals surface area (Å²) in [6.45, 7) is 0. The number of aliphatic carboxylic acids is 1. The predicted molar refractivity (Wildman–Crippen MR) is 143 cm³/mol. The van der Waals surface area contributed by atoms with Crippen LogP contribution in [0.25, 0.3) is 16.6 Å². The van der Waals surface area contributed by atoms with Gasteiger partial charge in [-0.05, 0) is 60.7 Å². The fourth-order valence-electron chi connectivity index (χ4n) is 5.22. The average Bonchev–Trinajstić information content (AvgIpc) is 3.49. The van der Waals surface area contributed by atoms with Crippen molar-refractivity contribution in [3.8, 4) is 28.4 Å². The average molecular weight is 541 g/mol. The van der Waals surface area contributed by atoms with Gasteiger partial charge in [0.15, 0.2) is 17.3 Å². The summed E-state index contributed by atoms with van der Waals surface area (Å²) in [4.78, 5) is 15.8. The highest BCUT2D eigenvalue weighted by atomic mass is 35.5. The van der Waals surface area contributed by atoms with E-state index in [-0.39, 0.29) is 12.3 Å². The first-order valence-electron chi connectivity index (χ1n) is 12.0. The lowest BCUT2D eigenvalue weighted by Crippen LogP contribution is -2.07. The molecule has 2 heterocycles. The van der Waals surface area contributed by atoms with Gasteiger partial charge in [-0.3, -0.25) is 4.79 Å². The Balaban J connectivity index is 1.67. The summed E-state index contributed by atoms with van der Waals surface area (Å²) in [6, 6.07) is 10.5. The third-order valence-corrected chi connectivity index (χ3v) is 7.18. The van der Waals surface area contributed by atoms with E-state index in [0.717, 1.165) is 48.1 Å². The van der Waals surface area contributed by atoms with Crippen molar-refractivity contribution in [1.82, 2.24) is 14.6 Å². The summed E-state index contributed by atoms with van der Waals surface area (Å²) in [5.74, 6) is 1.17. The topological polar surface area (TPSA) is 112 Å². The van der Waals surface area contributed by atoms with Crippen LogP contribution in [0.4, 0.5) is 5.82 Å². The van der Waals surface area contributed by atoms with Crippen LogP contribution in [0.15, 0.2) is 42.7 Å². The van der Waals surface area contributed by atoms with Crippen LogP contribution in [-0.2, 0) is 11.2 Å². The number of rotatable bonds is 8. The van der Waals surface area contributed by atoms with Crippen LogP contribution < -0.4 is 15.2 Å². The molecule has 0 amide bonds. The number of nitrogen functional groups attached to an aromatic ring is 1. The fourth-order valence-corrected chi connectivity index (χ4v) is 5.72. The van der Waals surface area contributed by atoms with Crippen molar-refractivity contribution in [3.05, 3.63) is 64.0 Å². The summed E-state index contributed by atoms with van der Waals surface area (Å²) in [5.41, 5.74) is 10.6. The largest absolute Gasteiger partial charge is 0.493 e. The number of aromatic nitrogens is 3. The van der Waals surface area contributed by atoms with Crippen LogP contribution in [0.5, 0.6) is 17.2 Å². The van der Waals surface area contributed by atoms with E-state index >= 15 is 0 Å². The highest BCUT2D eigenvalue weighted by molar-refractivity contribution is 6.34. The van der Waals surface area contributed by atoms with E-state index < -0.39 is 5.97 Å². The molecule has 192 valence electrons. The molecule has 1 saturated carbocycles. The molecule has 37 heavy (non-hydrogen) atoms. The molecule has 4 aromatic rings. The Bertz CT molecular complexity index is 1460. The zero-order valence-corrected chi connectivity index (χ0v) is 21.7. The van der Waals surface area contributed by atoms with Crippen LogP contribution in [0.3, 0.4) is 0 Å². The maximum Gasteiger partial charge on any atom is 0.303 e. The van der Waals surface area contributed by atoms with Crippen LogP contribution in [-0.4, -0.2) is 32.8 Å². The minimum atomic E-state index is -0.862. The molecule has 3 N–H and O–H groups in total. The van der Waals surface area contributed by atoms with Gasteiger partial charge >= 0.3 is 5.97 Å². The molecule has 2 aromatic heterocycles.